The van der Waals surface area contributed by atoms with Crippen LogP contribution in [0.15, 0.2) is 16.3 Å². The van der Waals surface area contributed by atoms with Gasteiger partial charge in [0.05, 0.1) is 14.8 Å². The Labute approximate surface area is 110 Å². The predicted molar refractivity (Wildman–Crippen MR) is 77.3 cm³/mol. The molecule has 0 amide bonds. The van der Waals surface area contributed by atoms with E-state index in [2.05, 4.69) is 19.9 Å². The van der Waals surface area contributed by atoms with Gasteiger partial charge in [0.25, 0.3) is 0 Å². The van der Waals surface area contributed by atoms with E-state index in [1.165, 1.54) is 10.6 Å². The third-order valence-corrected chi connectivity index (χ3v) is 5.61. The van der Waals surface area contributed by atoms with Crippen LogP contribution in [0.5, 0.6) is 0 Å². The molecule has 16 heavy (non-hydrogen) atoms. The molecule has 1 rings (SSSR count). The van der Waals surface area contributed by atoms with Crippen LogP contribution in [0.1, 0.15) is 36.4 Å². The molecular formula is C12H18OS3. The molecule has 1 aromatic heterocycles. The Morgan fingerprint density at radius 1 is 1.25 bits per heavy atom. The second kappa shape index (κ2) is 8.20. The first-order chi connectivity index (χ1) is 7.77. The minimum Gasteiger partial charge on any atom is -0.292 e. The Bertz CT molecular complexity index is 320. The summed E-state index contributed by atoms with van der Waals surface area (Å²) in [6.45, 7) is 4.32. The molecule has 0 unspecified atom stereocenters. The maximum Gasteiger partial charge on any atom is 0.182 e. The van der Waals surface area contributed by atoms with Crippen molar-refractivity contribution in [2.45, 2.75) is 30.9 Å². The summed E-state index contributed by atoms with van der Waals surface area (Å²) in [7, 11) is 0. The van der Waals surface area contributed by atoms with Crippen molar-refractivity contribution in [3.8, 4) is 0 Å². The summed E-state index contributed by atoms with van der Waals surface area (Å²) < 4.78 is 1.27. The van der Waals surface area contributed by atoms with Gasteiger partial charge >= 0.3 is 0 Å². The van der Waals surface area contributed by atoms with E-state index in [0.29, 0.717) is 5.75 Å². The summed E-state index contributed by atoms with van der Waals surface area (Å²) in [6.07, 6.45) is 2.32. The summed E-state index contributed by atoms with van der Waals surface area (Å²) in [6, 6.07) is 4.04. The Hall–Kier alpha value is 0.0700. The van der Waals surface area contributed by atoms with E-state index in [0.717, 1.165) is 22.8 Å². The highest BCUT2D eigenvalue weighted by Gasteiger charge is 2.09. The van der Waals surface area contributed by atoms with Crippen LogP contribution in [0.2, 0.25) is 0 Å². The molecule has 1 heterocycles. The summed E-state index contributed by atoms with van der Waals surface area (Å²) in [5.74, 6) is 3.13. The highest BCUT2D eigenvalue weighted by atomic mass is 32.2. The molecule has 0 aliphatic rings. The average molecular weight is 274 g/mol. The SMILES string of the molecule is CCCSCC(=O)c1ccc(SCCC)s1. The maximum atomic E-state index is 11.8. The van der Waals surface area contributed by atoms with Gasteiger partial charge < -0.3 is 0 Å². The molecule has 0 saturated carbocycles. The molecule has 0 N–H and O–H groups in total. The van der Waals surface area contributed by atoms with Crippen LogP contribution in [0.4, 0.5) is 0 Å². The lowest BCUT2D eigenvalue weighted by molar-refractivity contribution is 0.102. The van der Waals surface area contributed by atoms with Crippen LogP contribution >= 0.6 is 34.9 Å². The standard InChI is InChI=1S/C12H18OS3/c1-3-7-14-9-10(13)11-5-6-12(16-11)15-8-4-2/h5-6H,3-4,7-9H2,1-2H3. The minimum atomic E-state index is 0.284. The van der Waals surface area contributed by atoms with Crippen molar-refractivity contribution in [2.75, 3.05) is 17.3 Å². The summed E-state index contributed by atoms with van der Waals surface area (Å²) in [5, 5.41) is 0. The van der Waals surface area contributed by atoms with Crippen LogP contribution < -0.4 is 0 Å². The number of hydrogen-bond acceptors (Lipinski definition) is 4. The summed E-state index contributed by atoms with van der Waals surface area (Å²) >= 11 is 5.22. The number of rotatable bonds is 8. The molecule has 0 saturated heterocycles. The van der Waals surface area contributed by atoms with Crippen molar-refractivity contribution in [1.82, 2.24) is 0 Å². The van der Waals surface area contributed by atoms with E-state index in [-0.39, 0.29) is 5.78 Å². The number of thioether (sulfide) groups is 2. The van der Waals surface area contributed by atoms with Crippen LogP contribution in [-0.2, 0) is 0 Å². The number of Topliss-reactive ketones (excluding diaryl/α,β-unsaturated/α-hetero) is 1. The molecule has 0 radical (unpaired) electrons. The molecular weight excluding hydrogens is 256 g/mol. The molecule has 0 aromatic carbocycles. The third-order valence-electron chi connectivity index (χ3n) is 1.89. The van der Waals surface area contributed by atoms with Gasteiger partial charge in [-0.2, -0.15) is 11.8 Å². The van der Waals surface area contributed by atoms with Gasteiger partial charge in [0.1, 0.15) is 0 Å². The number of carbonyl (C=O) groups excluding carboxylic acids is 1. The van der Waals surface area contributed by atoms with E-state index in [1.807, 2.05) is 17.8 Å². The second-order valence-corrected chi connectivity index (χ2v) is 7.03. The number of carbonyl (C=O) groups is 1. The lowest BCUT2D eigenvalue weighted by atomic mass is 10.4. The largest absolute Gasteiger partial charge is 0.292 e. The molecule has 0 fully saturated rings. The highest BCUT2D eigenvalue weighted by Crippen LogP contribution is 2.28. The fraction of sp³-hybridized carbons (Fsp3) is 0.583. The fourth-order valence-electron chi connectivity index (χ4n) is 1.13. The smallest absolute Gasteiger partial charge is 0.182 e. The quantitative estimate of drug-likeness (QED) is 0.392. The van der Waals surface area contributed by atoms with Gasteiger partial charge in [0, 0.05) is 0 Å². The molecule has 1 aromatic rings. The van der Waals surface area contributed by atoms with Crippen molar-refractivity contribution in [3.05, 3.63) is 17.0 Å². The molecule has 0 aliphatic heterocycles. The van der Waals surface area contributed by atoms with Crippen LogP contribution in [0.25, 0.3) is 0 Å². The zero-order valence-corrected chi connectivity index (χ0v) is 12.3. The summed E-state index contributed by atoms with van der Waals surface area (Å²) in [4.78, 5) is 12.7. The van der Waals surface area contributed by atoms with Gasteiger partial charge in [-0.3, -0.25) is 4.79 Å². The predicted octanol–water partition coefficient (Wildman–Crippen LogP) is 4.58. The number of ketones is 1. The van der Waals surface area contributed by atoms with E-state index in [4.69, 9.17) is 0 Å². The van der Waals surface area contributed by atoms with Crippen molar-refractivity contribution < 1.29 is 4.79 Å². The Morgan fingerprint density at radius 3 is 2.69 bits per heavy atom. The van der Waals surface area contributed by atoms with E-state index in [1.54, 1.807) is 23.1 Å². The molecule has 4 heteroatoms. The normalized spacial score (nSPS) is 10.6. The molecule has 90 valence electrons. The van der Waals surface area contributed by atoms with E-state index in [9.17, 15) is 4.79 Å². The zero-order chi connectivity index (χ0) is 11.8. The Kier molecular flexibility index (Phi) is 7.25. The van der Waals surface area contributed by atoms with Crippen LogP contribution in [0, 0.1) is 0 Å². The van der Waals surface area contributed by atoms with Gasteiger partial charge in [-0.25, -0.2) is 0 Å². The first kappa shape index (κ1) is 14.1. The van der Waals surface area contributed by atoms with Gasteiger partial charge in [0.2, 0.25) is 0 Å². The Balaban J connectivity index is 2.40. The highest BCUT2D eigenvalue weighted by molar-refractivity contribution is 8.01. The number of thiophene rings is 1. The maximum absolute atomic E-state index is 11.8. The first-order valence-corrected chi connectivity index (χ1v) is 8.57. The van der Waals surface area contributed by atoms with Gasteiger partial charge in [-0.1, -0.05) is 13.8 Å². The van der Waals surface area contributed by atoms with Crippen molar-refractivity contribution >= 4 is 40.6 Å². The molecule has 0 atom stereocenters. The van der Waals surface area contributed by atoms with Crippen molar-refractivity contribution in [3.63, 3.8) is 0 Å². The molecule has 0 aliphatic carbocycles. The lowest BCUT2D eigenvalue weighted by Gasteiger charge is -1.96. The zero-order valence-electron chi connectivity index (χ0n) is 9.82. The van der Waals surface area contributed by atoms with Crippen LogP contribution in [-0.4, -0.2) is 23.0 Å². The number of hydrogen-bond donors (Lipinski definition) is 0. The van der Waals surface area contributed by atoms with Gasteiger partial charge in [-0.15, -0.1) is 23.1 Å². The van der Waals surface area contributed by atoms with Crippen molar-refractivity contribution in [1.29, 1.82) is 0 Å². The monoisotopic (exact) mass is 274 g/mol. The fourth-order valence-corrected chi connectivity index (χ4v) is 4.00. The topological polar surface area (TPSA) is 17.1 Å². The van der Waals surface area contributed by atoms with Crippen molar-refractivity contribution in [2.24, 2.45) is 0 Å². The second-order valence-electron chi connectivity index (χ2n) is 3.44. The minimum absolute atomic E-state index is 0.284. The average Bonchev–Trinajstić information content (AvgIpc) is 2.75. The summed E-state index contributed by atoms with van der Waals surface area (Å²) in [5.41, 5.74) is 0. The lowest BCUT2D eigenvalue weighted by Crippen LogP contribution is -1.99. The van der Waals surface area contributed by atoms with E-state index >= 15 is 0 Å². The first-order valence-electron chi connectivity index (χ1n) is 5.61. The molecule has 0 spiro atoms. The molecule has 0 bridgehead atoms. The Morgan fingerprint density at radius 2 is 2.00 bits per heavy atom. The molecule has 1 nitrogen and oxygen atoms in total. The van der Waals surface area contributed by atoms with Crippen LogP contribution in [0.3, 0.4) is 0 Å². The van der Waals surface area contributed by atoms with Gasteiger partial charge in [-0.05, 0) is 36.5 Å². The third kappa shape index (κ3) is 4.93. The van der Waals surface area contributed by atoms with Gasteiger partial charge in [0.15, 0.2) is 5.78 Å². The van der Waals surface area contributed by atoms with E-state index < -0.39 is 0 Å².